The monoisotopic (exact) mass is 355 g/mol. The second-order valence-electron chi connectivity index (χ2n) is 5.13. The minimum absolute atomic E-state index is 0.541. The van der Waals surface area contributed by atoms with E-state index >= 15 is 0 Å². The Kier molecular flexibility index (Phi) is 6.51. The van der Waals surface area contributed by atoms with Gasteiger partial charge in [0.25, 0.3) is 0 Å². The molecule has 0 N–H and O–H groups in total. The fourth-order valence-electron chi connectivity index (χ4n) is 2.53. The van der Waals surface area contributed by atoms with Crippen molar-refractivity contribution in [2.45, 2.75) is 26.2 Å². The first kappa shape index (κ1) is 16.3. The van der Waals surface area contributed by atoms with E-state index in [1.165, 1.54) is 25.9 Å². The number of ether oxygens (including phenoxy) is 2. The molecule has 1 fully saturated rings. The van der Waals surface area contributed by atoms with Crippen LogP contribution >= 0.6 is 15.9 Å². The fourth-order valence-corrected chi connectivity index (χ4v) is 3.10. The van der Waals surface area contributed by atoms with Crippen LogP contribution in [0.3, 0.4) is 0 Å². The van der Waals surface area contributed by atoms with Gasteiger partial charge in [-0.15, -0.1) is 0 Å². The van der Waals surface area contributed by atoms with Gasteiger partial charge in [-0.05, 0) is 67.3 Å². The summed E-state index contributed by atoms with van der Waals surface area (Å²) in [5.74, 6) is 1.30. The number of aldehydes is 1. The van der Waals surface area contributed by atoms with E-state index in [1.807, 2.05) is 6.92 Å². The number of hydrogen-bond acceptors (Lipinski definition) is 4. The first-order valence-electron chi connectivity index (χ1n) is 7.51. The van der Waals surface area contributed by atoms with Crippen molar-refractivity contribution in [3.63, 3.8) is 0 Å². The van der Waals surface area contributed by atoms with Crippen LogP contribution in [-0.2, 0) is 0 Å². The zero-order chi connectivity index (χ0) is 15.1. The Hall–Kier alpha value is -1.07. The summed E-state index contributed by atoms with van der Waals surface area (Å²) in [5.41, 5.74) is 0.578. The smallest absolute Gasteiger partial charge is 0.175 e. The quantitative estimate of drug-likeness (QED) is 0.528. The highest BCUT2D eigenvalue weighted by Crippen LogP contribution is 2.36. The topological polar surface area (TPSA) is 38.8 Å². The number of likely N-dealkylation sites (tertiary alicyclic amines) is 1. The lowest BCUT2D eigenvalue weighted by molar-refractivity contribution is 0.112. The minimum atomic E-state index is 0.541. The predicted octanol–water partition coefficient (Wildman–Crippen LogP) is 3.53. The Morgan fingerprint density at radius 1 is 1.29 bits per heavy atom. The van der Waals surface area contributed by atoms with Crippen molar-refractivity contribution in [3.8, 4) is 11.5 Å². The Morgan fingerprint density at radius 2 is 2.05 bits per heavy atom. The second kappa shape index (κ2) is 8.39. The summed E-state index contributed by atoms with van der Waals surface area (Å²) in [6.45, 7) is 6.60. The lowest BCUT2D eigenvalue weighted by atomic mass is 10.2. The number of nitrogens with zero attached hydrogens (tertiary/aromatic N) is 1. The van der Waals surface area contributed by atoms with Crippen LogP contribution in [0.4, 0.5) is 0 Å². The molecule has 2 rings (SSSR count). The van der Waals surface area contributed by atoms with Crippen molar-refractivity contribution in [1.82, 2.24) is 4.90 Å². The van der Waals surface area contributed by atoms with Crippen molar-refractivity contribution >= 4 is 22.2 Å². The number of rotatable bonds is 8. The number of carbonyl (C=O) groups is 1. The molecule has 0 amide bonds. The number of hydrogen-bond donors (Lipinski definition) is 0. The summed E-state index contributed by atoms with van der Waals surface area (Å²) in [6.07, 6.45) is 4.43. The largest absolute Gasteiger partial charge is 0.490 e. The molecule has 1 heterocycles. The molecular formula is C16H22BrNO3. The van der Waals surface area contributed by atoms with E-state index in [0.717, 1.165) is 23.7 Å². The molecule has 0 aromatic heterocycles. The SMILES string of the molecule is CCOc1cc(C=O)cc(Br)c1OCCCN1CCCC1. The van der Waals surface area contributed by atoms with E-state index in [2.05, 4.69) is 20.8 Å². The molecule has 1 saturated heterocycles. The van der Waals surface area contributed by atoms with Crippen molar-refractivity contribution < 1.29 is 14.3 Å². The molecule has 0 unspecified atom stereocenters. The predicted molar refractivity (Wildman–Crippen MR) is 86.5 cm³/mol. The van der Waals surface area contributed by atoms with Crippen LogP contribution in [0.5, 0.6) is 11.5 Å². The second-order valence-corrected chi connectivity index (χ2v) is 5.99. The third-order valence-electron chi connectivity index (χ3n) is 3.53. The summed E-state index contributed by atoms with van der Waals surface area (Å²) in [5, 5.41) is 0. The molecule has 0 radical (unpaired) electrons. The molecule has 1 aromatic rings. The van der Waals surface area contributed by atoms with Crippen molar-refractivity contribution in [2.24, 2.45) is 0 Å². The molecule has 1 aliphatic heterocycles. The summed E-state index contributed by atoms with van der Waals surface area (Å²) in [6, 6.07) is 3.47. The Balaban J connectivity index is 1.92. The molecule has 0 saturated carbocycles. The molecule has 5 heteroatoms. The third kappa shape index (κ3) is 4.71. The van der Waals surface area contributed by atoms with Gasteiger partial charge in [-0.3, -0.25) is 4.79 Å². The lowest BCUT2D eigenvalue weighted by Gasteiger charge is -2.16. The van der Waals surface area contributed by atoms with Gasteiger partial charge in [0, 0.05) is 12.1 Å². The van der Waals surface area contributed by atoms with Crippen LogP contribution in [0.1, 0.15) is 36.5 Å². The zero-order valence-electron chi connectivity index (χ0n) is 12.4. The molecular weight excluding hydrogens is 334 g/mol. The summed E-state index contributed by atoms with van der Waals surface area (Å²) < 4.78 is 12.2. The Bertz CT molecular complexity index is 473. The van der Waals surface area contributed by atoms with Crippen LogP contribution in [0.2, 0.25) is 0 Å². The molecule has 0 aliphatic carbocycles. The van der Waals surface area contributed by atoms with Crippen LogP contribution < -0.4 is 9.47 Å². The highest BCUT2D eigenvalue weighted by Gasteiger charge is 2.13. The van der Waals surface area contributed by atoms with E-state index in [1.54, 1.807) is 12.1 Å². The van der Waals surface area contributed by atoms with Gasteiger partial charge in [0.15, 0.2) is 11.5 Å². The lowest BCUT2D eigenvalue weighted by Crippen LogP contribution is -2.22. The van der Waals surface area contributed by atoms with Crippen molar-refractivity contribution in [3.05, 3.63) is 22.2 Å². The average Bonchev–Trinajstić information content (AvgIpc) is 2.99. The van der Waals surface area contributed by atoms with E-state index in [0.29, 0.717) is 30.3 Å². The van der Waals surface area contributed by atoms with Crippen molar-refractivity contribution in [2.75, 3.05) is 32.8 Å². The highest BCUT2D eigenvalue weighted by molar-refractivity contribution is 9.10. The number of carbonyl (C=O) groups excluding carboxylic acids is 1. The van der Waals surface area contributed by atoms with Crippen molar-refractivity contribution in [1.29, 1.82) is 0 Å². The molecule has 0 bridgehead atoms. The normalized spacial score (nSPS) is 15.1. The average molecular weight is 356 g/mol. The molecule has 21 heavy (non-hydrogen) atoms. The third-order valence-corrected chi connectivity index (χ3v) is 4.12. The summed E-state index contributed by atoms with van der Waals surface area (Å²) >= 11 is 3.45. The number of benzene rings is 1. The van der Waals surface area contributed by atoms with Gasteiger partial charge in [-0.1, -0.05) is 0 Å². The zero-order valence-corrected chi connectivity index (χ0v) is 14.0. The molecule has 0 spiro atoms. The van der Waals surface area contributed by atoms with Gasteiger partial charge >= 0.3 is 0 Å². The van der Waals surface area contributed by atoms with Gasteiger partial charge in [-0.2, -0.15) is 0 Å². The molecule has 1 aliphatic rings. The van der Waals surface area contributed by atoms with Crippen LogP contribution in [0.25, 0.3) is 0 Å². The summed E-state index contributed by atoms with van der Waals surface area (Å²) in [4.78, 5) is 13.4. The van der Waals surface area contributed by atoms with Gasteiger partial charge in [0.1, 0.15) is 6.29 Å². The van der Waals surface area contributed by atoms with E-state index in [-0.39, 0.29) is 0 Å². The van der Waals surface area contributed by atoms with E-state index in [9.17, 15) is 4.79 Å². The standard InChI is InChI=1S/C16H22BrNO3/c1-2-20-15-11-13(12-19)10-14(17)16(15)21-9-5-8-18-6-3-4-7-18/h10-12H,2-9H2,1H3. The van der Waals surface area contributed by atoms with Crippen LogP contribution in [0.15, 0.2) is 16.6 Å². The van der Waals surface area contributed by atoms with Gasteiger partial charge in [0.2, 0.25) is 0 Å². The maximum absolute atomic E-state index is 10.9. The minimum Gasteiger partial charge on any atom is -0.490 e. The molecule has 0 atom stereocenters. The molecule has 1 aromatic carbocycles. The maximum atomic E-state index is 10.9. The van der Waals surface area contributed by atoms with E-state index < -0.39 is 0 Å². The maximum Gasteiger partial charge on any atom is 0.175 e. The van der Waals surface area contributed by atoms with Crippen LogP contribution in [-0.4, -0.2) is 44.0 Å². The number of halogens is 1. The summed E-state index contributed by atoms with van der Waals surface area (Å²) in [7, 11) is 0. The fraction of sp³-hybridized carbons (Fsp3) is 0.562. The van der Waals surface area contributed by atoms with Gasteiger partial charge < -0.3 is 14.4 Å². The van der Waals surface area contributed by atoms with Gasteiger partial charge in [0.05, 0.1) is 17.7 Å². The molecule has 116 valence electrons. The van der Waals surface area contributed by atoms with E-state index in [4.69, 9.17) is 9.47 Å². The van der Waals surface area contributed by atoms with Gasteiger partial charge in [-0.25, -0.2) is 0 Å². The molecule has 4 nitrogen and oxygen atoms in total. The Morgan fingerprint density at radius 3 is 2.71 bits per heavy atom. The first-order chi connectivity index (χ1) is 10.2. The Labute approximate surface area is 134 Å². The van der Waals surface area contributed by atoms with Crippen LogP contribution in [0, 0.1) is 0 Å². The highest BCUT2D eigenvalue weighted by atomic mass is 79.9. The first-order valence-corrected chi connectivity index (χ1v) is 8.30.